The van der Waals surface area contributed by atoms with E-state index in [2.05, 4.69) is 5.32 Å². The lowest BCUT2D eigenvalue weighted by atomic mass is 9.79. The molecule has 0 heterocycles. The minimum absolute atomic E-state index is 0.342. The van der Waals surface area contributed by atoms with Gasteiger partial charge in [0.05, 0.1) is 5.41 Å². The number of amides is 1. The van der Waals surface area contributed by atoms with Gasteiger partial charge >= 0.3 is 5.97 Å². The molecule has 2 aromatic rings. The molecule has 136 valence electrons. The van der Waals surface area contributed by atoms with E-state index >= 15 is 0 Å². The number of anilines is 1. The summed E-state index contributed by atoms with van der Waals surface area (Å²) in [7, 11) is 0. The number of benzene rings is 2. The maximum Gasteiger partial charge on any atom is 0.317 e. The van der Waals surface area contributed by atoms with Gasteiger partial charge in [-0.2, -0.15) is 0 Å². The molecule has 1 aliphatic rings. The number of carbonyl (C=O) groups is 2. The highest BCUT2D eigenvalue weighted by Gasteiger charge is 2.45. The highest BCUT2D eigenvalue weighted by Crippen LogP contribution is 2.42. The first-order chi connectivity index (χ1) is 12.5. The van der Waals surface area contributed by atoms with Gasteiger partial charge < -0.3 is 10.1 Å². The van der Waals surface area contributed by atoms with E-state index < -0.39 is 17.5 Å². The van der Waals surface area contributed by atoms with Crippen molar-refractivity contribution in [2.45, 2.75) is 44.1 Å². The molecule has 5 heteroatoms. The predicted molar refractivity (Wildman–Crippen MR) is 97.2 cm³/mol. The second kappa shape index (κ2) is 7.68. The molecule has 3 rings (SSSR count). The van der Waals surface area contributed by atoms with Crippen molar-refractivity contribution in [2.75, 3.05) is 5.32 Å². The molecule has 1 aliphatic carbocycles. The summed E-state index contributed by atoms with van der Waals surface area (Å²) in [5.41, 5.74) is 0.598. The summed E-state index contributed by atoms with van der Waals surface area (Å²) < 4.78 is 18.8. The molecule has 1 amide bonds. The van der Waals surface area contributed by atoms with Gasteiger partial charge in [-0.05, 0) is 49.6 Å². The number of hydrogen-bond acceptors (Lipinski definition) is 3. The van der Waals surface area contributed by atoms with Gasteiger partial charge in [0.25, 0.3) is 5.91 Å². The second-order valence-electron chi connectivity index (χ2n) is 6.70. The zero-order valence-corrected chi connectivity index (χ0v) is 14.7. The molecule has 0 aromatic heterocycles. The van der Waals surface area contributed by atoms with E-state index in [-0.39, 0.29) is 11.7 Å². The molecule has 2 aromatic carbocycles. The smallest absolute Gasteiger partial charge is 0.317 e. The number of ether oxygens (including phenoxy) is 1. The summed E-state index contributed by atoms with van der Waals surface area (Å²) in [5, 5.41) is 2.73. The summed E-state index contributed by atoms with van der Waals surface area (Å²) in [6.45, 7) is 1.56. The molecule has 0 aliphatic heterocycles. The first-order valence-electron chi connectivity index (χ1n) is 8.84. The number of esters is 1. The lowest BCUT2D eigenvalue weighted by molar-refractivity contribution is -0.159. The quantitative estimate of drug-likeness (QED) is 0.818. The van der Waals surface area contributed by atoms with Gasteiger partial charge in [0.1, 0.15) is 5.82 Å². The molecule has 0 saturated heterocycles. The van der Waals surface area contributed by atoms with Gasteiger partial charge in [-0.3, -0.25) is 9.59 Å². The van der Waals surface area contributed by atoms with Gasteiger partial charge in [0.2, 0.25) is 0 Å². The SMILES string of the molecule is C[C@@H](OC(=O)C1(c2ccc(F)cc2)CCCC1)C(=O)Nc1ccccc1. The Morgan fingerprint density at radius 1 is 1.04 bits per heavy atom. The predicted octanol–water partition coefficient (Wildman–Crippen LogP) is 4.21. The van der Waals surface area contributed by atoms with E-state index in [9.17, 15) is 14.0 Å². The van der Waals surface area contributed by atoms with E-state index in [0.717, 1.165) is 18.4 Å². The summed E-state index contributed by atoms with van der Waals surface area (Å²) >= 11 is 0. The largest absolute Gasteiger partial charge is 0.452 e. The monoisotopic (exact) mass is 355 g/mol. The number of carbonyl (C=O) groups excluding carboxylic acids is 2. The van der Waals surface area contributed by atoms with Gasteiger partial charge in [0.15, 0.2) is 6.10 Å². The Morgan fingerprint density at radius 3 is 2.27 bits per heavy atom. The van der Waals surface area contributed by atoms with Gasteiger partial charge in [-0.1, -0.05) is 43.2 Å². The fourth-order valence-electron chi connectivity index (χ4n) is 3.45. The maximum absolute atomic E-state index is 13.3. The van der Waals surface area contributed by atoms with Gasteiger partial charge in [-0.15, -0.1) is 0 Å². The third-order valence-electron chi connectivity index (χ3n) is 4.94. The molecular weight excluding hydrogens is 333 g/mol. The number of para-hydroxylation sites is 1. The maximum atomic E-state index is 13.3. The van der Waals surface area contributed by atoms with Crippen LogP contribution in [0.3, 0.4) is 0 Å². The van der Waals surface area contributed by atoms with Crippen LogP contribution in [0, 0.1) is 5.82 Å². The first-order valence-corrected chi connectivity index (χ1v) is 8.84. The molecule has 0 radical (unpaired) electrons. The third kappa shape index (κ3) is 3.77. The van der Waals surface area contributed by atoms with E-state index in [4.69, 9.17) is 4.74 Å². The van der Waals surface area contributed by atoms with Crippen LogP contribution in [-0.2, 0) is 19.7 Å². The summed E-state index contributed by atoms with van der Waals surface area (Å²) in [6, 6.07) is 15.0. The van der Waals surface area contributed by atoms with Crippen LogP contribution in [0.5, 0.6) is 0 Å². The van der Waals surface area contributed by atoms with Gasteiger partial charge in [0, 0.05) is 5.69 Å². The Morgan fingerprint density at radius 2 is 1.65 bits per heavy atom. The molecule has 1 fully saturated rings. The molecule has 1 saturated carbocycles. The van der Waals surface area contributed by atoms with Crippen molar-refractivity contribution in [3.63, 3.8) is 0 Å². The van der Waals surface area contributed by atoms with E-state index in [0.29, 0.717) is 18.5 Å². The van der Waals surface area contributed by atoms with Crippen molar-refractivity contribution in [3.05, 3.63) is 66.0 Å². The van der Waals surface area contributed by atoms with Gasteiger partial charge in [-0.25, -0.2) is 4.39 Å². The molecule has 1 atom stereocenters. The molecular formula is C21H22FNO3. The Kier molecular flexibility index (Phi) is 5.35. The van der Waals surface area contributed by atoms with Crippen molar-refractivity contribution in [1.29, 1.82) is 0 Å². The van der Waals surface area contributed by atoms with Crippen LogP contribution in [0.15, 0.2) is 54.6 Å². The Labute approximate surface area is 152 Å². The summed E-state index contributed by atoms with van der Waals surface area (Å²) in [6.07, 6.45) is 2.17. The molecule has 0 unspecified atom stereocenters. The van der Waals surface area contributed by atoms with E-state index in [1.165, 1.54) is 12.1 Å². The lowest BCUT2D eigenvalue weighted by Gasteiger charge is -2.28. The molecule has 0 spiro atoms. The molecule has 26 heavy (non-hydrogen) atoms. The Bertz CT molecular complexity index is 768. The Hall–Kier alpha value is -2.69. The molecule has 0 bridgehead atoms. The van der Waals surface area contributed by atoms with Crippen LogP contribution in [-0.4, -0.2) is 18.0 Å². The van der Waals surface area contributed by atoms with E-state index in [1.807, 2.05) is 18.2 Å². The zero-order chi connectivity index (χ0) is 18.6. The van der Waals surface area contributed by atoms with Crippen molar-refractivity contribution in [2.24, 2.45) is 0 Å². The number of hydrogen-bond donors (Lipinski definition) is 1. The van der Waals surface area contributed by atoms with Crippen LogP contribution in [0.25, 0.3) is 0 Å². The minimum Gasteiger partial charge on any atom is -0.452 e. The second-order valence-corrected chi connectivity index (χ2v) is 6.70. The van der Waals surface area contributed by atoms with Crippen LogP contribution in [0.2, 0.25) is 0 Å². The van der Waals surface area contributed by atoms with Crippen LogP contribution >= 0.6 is 0 Å². The average Bonchev–Trinajstić information content (AvgIpc) is 3.14. The Balaban J connectivity index is 1.72. The highest BCUT2D eigenvalue weighted by molar-refractivity contribution is 5.96. The number of halogens is 1. The number of rotatable bonds is 5. The van der Waals surface area contributed by atoms with E-state index in [1.54, 1.807) is 31.2 Å². The normalized spacial score (nSPS) is 16.7. The van der Waals surface area contributed by atoms with Crippen LogP contribution < -0.4 is 5.32 Å². The molecule has 1 N–H and O–H groups in total. The molecule has 4 nitrogen and oxygen atoms in total. The van der Waals surface area contributed by atoms with Crippen molar-refractivity contribution in [3.8, 4) is 0 Å². The van der Waals surface area contributed by atoms with Crippen LogP contribution in [0.1, 0.15) is 38.2 Å². The topological polar surface area (TPSA) is 55.4 Å². The average molecular weight is 355 g/mol. The first kappa shape index (κ1) is 18.1. The fourth-order valence-corrected chi connectivity index (χ4v) is 3.45. The standard InChI is InChI=1S/C21H22FNO3/c1-15(19(24)23-18-7-3-2-4-8-18)26-20(25)21(13-5-6-14-21)16-9-11-17(22)12-10-16/h2-4,7-12,15H,5-6,13-14H2,1H3,(H,23,24)/t15-/m1/s1. The summed E-state index contributed by atoms with van der Waals surface area (Å²) in [5.74, 6) is -1.14. The fraction of sp³-hybridized carbons (Fsp3) is 0.333. The van der Waals surface area contributed by atoms with Crippen molar-refractivity contribution < 1.29 is 18.7 Å². The number of nitrogens with one attached hydrogen (secondary N) is 1. The van der Waals surface area contributed by atoms with Crippen LogP contribution in [0.4, 0.5) is 10.1 Å². The minimum atomic E-state index is -0.916. The van der Waals surface area contributed by atoms with Crippen molar-refractivity contribution in [1.82, 2.24) is 0 Å². The van der Waals surface area contributed by atoms with Crippen molar-refractivity contribution >= 4 is 17.6 Å². The summed E-state index contributed by atoms with van der Waals surface area (Å²) in [4.78, 5) is 25.2. The lowest BCUT2D eigenvalue weighted by Crippen LogP contribution is -2.39. The zero-order valence-electron chi connectivity index (χ0n) is 14.7. The third-order valence-corrected chi connectivity index (χ3v) is 4.94. The highest BCUT2D eigenvalue weighted by atomic mass is 19.1.